The van der Waals surface area contributed by atoms with Crippen LogP contribution in [0, 0.1) is 0 Å². The number of aromatic carboxylic acids is 1. The average Bonchev–Trinajstić information content (AvgIpc) is 3.04. The van der Waals surface area contributed by atoms with Crippen LogP contribution >= 0.6 is 11.3 Å². The monoisotopic (exact) mass is 294 g/mol. The second-order valence-electron chi connectivity index (χ2n) is 5.45. The van der Waals surface area contributed by atoms with Gasteiger partial charge in [-0.3, -0.25) is 5.32 Å². The second kappa shape index (κ2) is 5.44. The van der Waals surface area contributed by atoms with Crippen LogP contribution in [0.5, 0.6) is 0 Å². The van der Waals surface area contributed by atoms with E-state index in [1.54, 1.807) is 0 Å². The average molecular weight is 294 g/mol. The van der Waals surface area contributed by atoms with Crippen LogP contribution in [0.25, 0.3) is 0 Å². The first-order valence-electron chi connectivity index (χ1n) is 7.10. The van der Waals surface area contributed by atoms with E-state index in [1.165, 1.54) is 11.3 Å². The predicted octanol–water partition coefficient (Wildman–Crippen LogP) is 3.00. The van der Waals surface area contributed by atoms with Gasteiger partial charge in [0.1, 0.15) is 5.00 Å². The van der Waals surface area contributed by atoms with Gasteiger partial charge in [-0.25, -0.2) is 9.59 Å². The van der Waals surface area contributed by atoms with Crippen molar-refractivity contribution in [1.29, 1.82) is 0 Å². The predicted molar refractivity (Wildman–Crippen MR) is 77.7 cm³/mol. The molecule has 2 aliphatic carbocycles. The van der Waals surface area contributed by atoms with Gasteiger partial charge in [-0.15, -0.1) is 11.3 Å². The zero-order chi connectivity index (χ0) is 14.1. The van der Waals surface area contributed by atoms with Crippen LogP contribution in [0.2, 0.25) is 0 Å². The molecule has 3 rings (SSSR count). The molecule has 1 aromatic heterocycles. The van der Waals surface area contributed by atoms with Crippen molar-refractivity contribution in [2.24, 2.45) is 0 Å². The molecular weight excluding hydrogens is 276 g/mol. The highest BCUT2D eigenvalue weighted by atomic mass is 32.1. The molecule has 0 bridgehead atoms. The molecule has 3 N–H and O–H groups in total. The van der Waals surface area contributed by atoms with E-state index in [0.717, 1.165) is 55.4 Å². The molecule has 2 amide bonds. The quantitative estimate of drug-likeness (QED) is 0.802. The molecule has 0 aromatic carbocycles. The molecule has 1 aromatic rings. The van der Waals surface area contributed by atoms with Crippen LogP contribution in [-0.2, 0) is 12.8 Å². The van der Waals surface area contributed by atoms with E-state index in [2.05, 4.69) is 10.6 Å². The molecule has 0 unspecified atom stereocenters. The van der Waals surface area contributed by atoms with Gasteiger partial charge < -0.3 is 10.4 Å². The summed E-state index contributed by atoms with van der Waals surface area (Å²) in [5.74, 6) is -0.944. The van der Waals surface area contributed by atoms with E-state index in [0.29, 0.717) is 10.6 Å². The minimum Gasteiger partial charge on any atom is -0.478 e. The Bertz CT molecular complexity index is 547. The number of nitrogens with one attached hydrogen (secondary N) is 2. The number of hydrogen-bond acceptors (Lipinski definition) is 3. The van der Waals surface area contributed by atoms with Gasteiger partial charge in [0.25, 0.3) is 0 Å². The molecule has 1 heterocycles. The zero-order valence-electron chi connectivity index (χ0n) is 11.2. The molecule has 1 saturated carbocycles. The lowest BCUT2D eigenvalue weighted by atomic mass is 10.1. The van der Waals surface area contributed by atoms with E-state index in [1.807, 2.05) is 0 Å². The van der Waals surface area contributed by atoms with Crippen LogP contribution in [0.15, 0.2) is 0 Å². The first kappa shape index (κ1) is 13.4. The van der Waals surface area contributed by atoms with Crippen molar-refractivity contribution < 1.29 is 14.7 Å². The van der Waals surface area contributed by atoms with Crippen LogP contribution in [0.4, 0.5) is 9.80 Å². The van der Waals surface area contributed by atoms with Gasteiger partial charge in [-0.1, -0.05) is 12.8 Å². The molecule has 2 aliphatic rings. The molecule has 0 radical (unpaired) electrons. The minimum absolute atomic E-state index is 0.232. The Labute approximate surface area is 121 Å². The fourth-order valence-electron chi connectivity index (χ4n) is 3.11. The van der Waals surface area contributed by atoms with Crippen molar-refractivity contribution in [3.8, 4) is 0 Å². The maximum Gasteiger partial charge on any atom is 0.339 e. The number of thiophene rings is 1. The Morgan fingerprint density at radius 2 is 1.90 bits per heavy atom. The zero-order valence-corrected chi connectivity index (χ0v) is 12.0. The van der Waals surface area contributed by atoms with E-state index >= 15 is 0 Å². The Balaban J connectivity index is 1.73. The number of carbonyl (C=O) groups excluding carboxylic acids is 1. The maximum atomic E-state index is 12.0. The molecule has 20 heavy (non-hydrogen) atoms. The normalized spacial score (nSPS) is 18.0. The van der Waals surface area contributed by atoms with E-state index < -0.39 is 5.97 Å². The lowest BCUT2D eigenvalue weighted by Gasteiger charge is -2.12. The summed E-state index contributed by atoms with van der Waals surface area (Å²) in [6, 6.07) is -0.0468. The number of carboxylic acid groups (broad SMARTS) is 1. The largest absolute Gasteiger partial charge is 0.478 e. The highest BCUT2D eigenvalue weighted by molar-refractivity contribution is 7.17. The number of carbonyl (C=O) groups is 2. The Morgan fingerprint density at radius 3 is 2.60 bits per heavy atom. The molecule has 6 heteroatoms. The Hall–Kier alpha value is -1.56. The molecule has 0 atom stereocenters. The summed E-state index contributed by atoms with van der Waals surface area (Å²) in [6.07, 6.45) is 7.07. The van der Waals surface area contributed by atoms with Crippen molar-refractivity contribution in [3.63, 3.8) is 0 Å². The summed E-state index contributed by atoms with van der Waals surface area (Å²) in [5.41, 5.74) is 1.21. The fourth-order valence-corrected chi connectivity index (χ4v) is 4.39. The molecule has 0 saturated heterocycles. The van der Waals surface area contributed by atoms with E-state index in [9.17, 15) is 14.7 Å². The van der Waals surface area contributed by atoms with Gasteiger partial charge in [-0.2, -0.15) is 0 Å². The van der Waals surface area contributed by atoms with Crippen molar-refractivity contribution in [2.45, 2.75) is 51.0 Å². The number of urea groups is 1. The van der Waals surface area contributed by atoms with Gasteiger partial charge in [0, 0.05) is 10.9 Å². The summed E-state index contributed by atoms with van der Waals surface area (Å²) in [6.45, 7) is 0. The SMILES string of the molecule is O=C(Nc1sc2c(c1C(=O)O)CCC2)NC1CCCC1. The smallest absolute Gasteiger partial charge is 0.339 e. The van der Waals surface area contributed by atoms with Gasteiger partial charge in [0.2, 0.25) is 0 Å². The summed E-state index contributed by atoms with van der Waals surface area (Å²) >= 11 is 1.41. The first-order valence-corrected chi connectivity index (χ1v) is 7.92. The molecule has 1 fully saturated rings. The lowest BCUT2D eigenvalue weighted by molar-refractivity contribution is 0.0697. The molecular formula is C14H18N2O3S. The third-order valence-corrected chi connectivity index (χ3v) is 5.26. The van der Waals surface area contributed by atoms with Gasteiger partial charge in [0.05, 0.1) is 5.56 Å². The number of aryl methyl sites for hydroxylation is 1. The lowest BCUT2D eigenvalue weighted by Crippen LogP contribution is -2.36. The van der Waals surface area contributed by atoms with Crippen molar-refractivity contribution in [1.82, 2.24) is 5.32 Å². The third-order valence-electron chi connectivity index (χ3n) is 4.05. The number of carboxylic acids is 1. The molecule has 5 nitrogen and oxygen atoms in total. The minimum atomic E-state index is -0.944. The highest BCUT2D eigenvalue weighted by Gasteiger charge is 2.27. The Kier molecular flexibility index (Phi) is 3.65. The summed E-state index contributed by atoms with van der Waals surface area (Å²) in [4.78, 5) is 24.5. The second-order valence-corrected chi connectivity index (χ2v) is 6.55. The number of fused-ring (bicyclic) bond motifs is 1. The number of rotatable bonds is 3. The topological polar surface area (TPSA) is 78.4 Å². The van der Waals surface area contributed by atoms with E-state index in [4.69, 9.17) is 0 Å². The maximum absolute atomic E-state index is 12.0. The van der Waals surface area contributed by atoms with Crippen molar-refractivity contribution >= 4 is 28.3 Å². The van der Waals surface area contributed by atoms with Crippen molar-refractivity contribution in [2.75, 3.05) is 5.32 Å². The number of amides is 2. The molecule has 108 valence electrons. The Morgan fingerprint density at radius 1 is 1.15 bits per heavy atom. The standard InChI is InChI=1S/C14H18N2O3S/c17-13(18)11-9-6-3-7-10(9)20-12(11)16-14(19)15-8-4-1-2-5-8/h8H,1-7H2,(H,17,18)(H2,15,16,19). The van der Waals surface area contributed by atoms with Crippen LogP contribution in [0.1, 0.15) is 52.9 Å². The number of anilines is 1. The van der Waals surface area contributed by atoms with Gasteiger partial charge in [-0.05, 0) is 37.7 Å². The highest BCUT2D eigenvalue weighted by Crippen LogP contribution is 2.39. The van der Waals surface area contributed by atoms with E-state index in [-0.39, 0.29) is 12.1 Å². The summed E-state index contributed by atoms with van der Waals surface area (Å²) in [5, 5.41) is 15.5. The third kappa shape index (κ3) is 2.52. The van der Waals surface area contributed by atoms with Gasteiger partial charge >= 0.3 is 12.0 Å². The number of hydrogen-bond donors (Lipinski definition) is 3. The molecule has 0 spiro atoms. The first-order chi connectivity index (χ1) is 9.65. The summed E-state index contributed by atoms with van der Waals surface area (Å²) < 4.78 is 0. The summed E-state index contributed by atoms with van der Waals surface area (Å²) in [7, 11) is 0. The van der Waals surface area contributed by atoms with Crippen molar-refractivity contribution in [3.05, 3.63) is 16.0 Å². The van der Waals surface area contributed by atoms with Crippen LogP contribution in [0.3, 0.4) is 0 Å². The van der Waals surface area contributed by atoms with Crippen LogP contribution < -0.4 is 10.6 Å². The van der Waals surface area contributed by atoms with Gasteiger partial charge in [0.15, 0.2) is 0 Å². The van der Waals surface area contributed by atoms with Crippen LogP contribution in [-0.4, -0.2) is 23.1 Å². The fraction of sp³-hybridized carbons (Fsp3) is 0.571. The molecule has 0 aliphatic heterocycles.